The highest BCUT2D eigenvalue weighted by Gasteiger charge is 2.37. The first-order chi connectivity index (χ1) is 7.47. The van der Waals surface area contributed by atoms with E-state index in [9.17, 15) is 20.1 Å². The van der Waals surface area contributed by atoms with Gasteiger partial charge in [-0.2, -0.15) is 0 Å². The van der Waals surface area contributed by atoms with Crippen LogP contribution in [-0.2, 0) is 4.79 Å². The molecular formula is C10H20N2O4. The van der Waals surface area contributed by atoms with Crippen molar-refractivity contribution in [2.75, 3.05) is 13.2 Å². The summed E-state index contributed by atoms with van der Waals surface area (Å²) < 4.78 is 0. The molecule has 0 aromatic rings. The van der Waals surface area contributed by atoms with Gasteiger partial charge in [0.1, 0.15) is 0 Å². The number of nitrogens with zero attached hydrogens (tertiary/aromatic N) is 1. The van der Waals surface area contributed by atoms with Gasteiger partial charge in [-0.3, -0.25) is 9.69 Å². The summed E-state index contributed by atoms with van der Waals surface area (Å²) in [7, 11) is 0. The van der Waals surface area contributed by atoms with Gasteiger partial charge < -0.3 is 20.6 Å². The second-order valence-electron chi connectivity index (χ2n) is 4.21. The minimum Gasteiger partial charge on any atom is -0.395 e. The summed E-state index contributed by atoms with van der Waals surface area (Å²) in [5.74, 6) is -0.162. The first-order valence-electron chi connectivity index (χ1n) is 5.47. The van der Waals surface area contributed by atoms with E-state index in [0.29, 0.717) is 13.0 Å². The fraction of sp³-hybridized carbons (Fsp3) is 0.900. The molecule has 0 saturated carbocycles. The van der Waals surface area contributed by atoms with Crippen LogP contribution in [-0.4, -0.2) is 63.7 Å². The topological polar surface area (TPSA) is 93.0 Å². The number of nitrogens with one attached hydrogen (secondary N) is 1. The molecule has 1 aliphatic heterocycles. The molecular weight excluding hydrogens is 212 g/mol. The fourth-order valence-corrected chi connectivity index (χ4v) is 2.14. The minimum atomic E-state index is -0.977. The summed E-state index contributed by atoms with van der Waals surface area (Å²) >= 11 is 0. The third-order valence-corrected chi connectivity index (χ3v) is 2.99. The molecule has 94 valence electrons. The van der Waals surface area contributed by atoms with Crippen molar-refractivity contribution in [1.29, 1.82) is 0 Å². The molecule has 0 radical (unpaired) electrons. The van der Waals surface area contributed by atoms with Gasteiger partial charge in [-0.15, -0.1) is 0 Å². The molecule has 0 aliphatic carbocycles. The van der Waals surface area contributed by atoms with Crippen LogP contribution < -0.4 is 5.32 Å². The first-order valence-corrected chi connectivity index (χ1v) is 5.47. The average molecular weight is 232 g/mol. The van der Waals surface area contributed by atoms with Crippen molar-refractivity contribution in [1.82, 2.24) is 10.2 Å². The predicted molar refractivity (Wildman–Crippen MR) is 57.5 cm³/mol. The van der Waals surface area contributed by atoms with Gasteiger partial charge in [0.15, 0.2) is 0 Å². The lowest BCUT2D eigenvalue weighted by Crippen LogP contribution is -2.62. The molecule has 0 aromatic carbocycles. The van der Waals surface area contributed by atoms with E-state index in [2.05, 4.69) is 5.32 Å². The Hall–Kier alpha value is -0.690. The minimum absolute atomic E-state index is 0.162. The van der Waals surface area contributed by atoms with Gasteiger partial charge in [0.25, 0.3) is 0 Å². The SMILES string of the molecule is CC(=O)NC(C)N1CC[C@@H](O)[C@H](O)[C@@H]1CO. The highest BCUT2D eigenvalue weighted by atomic mass is 16.3. The normalized spacial score (nSPS) is 33.4. The van der Waals surface area contributed by atoms with Crippen molar-refractivity contribution in [2.45, 2.75) is 44.7 Å². The van der Waals surface area contributed by atoms with E-state index in [-0.39, 0.29) is 18.7 Å². The summed E-state index contributed by atoms with van der Waals surface area (Å²) in [5.41, 5.74) is 0. The Balaban J connectivity index is 2.67. The Labute approximate surface area is 94.9 Å². The molecule has 1 aliphatic rings. The summed E-state index contributed by atoms with van der Waals surface area (Å²) in [6, 6.07) is -0.536. The van der Waals surface area contributed by atoms with E-state index in [4.69, 9.17) is 0 Å². The number of hydrogen-bond acceptors (Lipinski definition) is 5. The number of hydrogen-bond donors (Lipinski definition) is 4. The van der Waals surface area contributed by atoms with Gasteiger partial charge in [-0.1, -0.05) is 0 Å². The standard InChI is InChI=1S/C10H20N2O4/c1-6(11-7(2)14)12-4-3-9(15)10(16)8(12)5-13/h6,8-10,13,15-16H,3-5H2,1-2H3,(H,11,14)/t6?,8-,9+,10+/m0/s1. The van der Waals surface area contributed by atoms with Gasteiger partial charge in [0.2, 0.25) is 5.91 Å². The van der Waals surface area contributed by atoms with E-state index < -0.39 is 18.2 Å². The predicted octanol–water partition coefficient (Wildman–Crippen LogP) is -1.74. The van der Waals surface area contributed by atoms with E-state index >= 15 is 0 Å². The molecule has 1 amide bonds. The second-order valence-corrected chi connectivity index (χ2v) is 4.21. The molecule has 0 aromatic heterocycles. The number of rotatable bonds is 3. The Morgan fingerprint density at radius 2 is 2.19 bits per heavy atom. The molecule has 1 rings (SSSR count). The molecule has 1 fully saturated rings. The molecule has 0 bridgehead atoms. The highest BCUT2D eigenvalue weighted by Crippen LogP contribution is 2.19. The van der Waals surface area contributed by atoms with Crippen LogP contribution in [0.4, 0.5) is 0 Å². The van der Waals surface area contributed by atoms with Crippen LogP contribution in [0.5, 0.6) is 0 Å². The third-order valence-electron chi connectivity index (χ3n) is 2.99. The van der Waals surface area contributed by atoms with Gasteiger partial charge in [0, 0.05) is 13.5 Å². The zero-order valence-electron chi connectivity index (χ0n) is 9.63. The van der Waals surface area contributed by atoms with Crippen LogP contribution in [0.15, 0.2) is 0 Å². The highest BCUT2D eigenvalue weighted by molar-refractivity contribution is 5.73. The monoisotopic (exact) mass is 232 g/mol. The molecule has 1 unspecified atom stereocenters. The van der Waals surface area contributed by atoms with Crippen LogP contribution in [0.2, 0.25) is 0 Å². The van der Waals surface area contributed by atoms with E-state index in [1.807, 2.05) is 0 Å². The lowest BCUT2D eigenvalue weighted by atomic mass is 9.96. The van der Waals surface area contributed by atoms with E-state index in [1.165, 1.54) is 6.92 Å². The number of likely N-dealkylation sites (tertiary alicyclic amines) is 1. The Kier molecular flexibility index (Phi) is 4.67. The van der Waals surface area contributed by atoms with Crippen LogP contribution in [0.25, 0.3) is 0 Å². The van der Waals surface area contributed by atoms with Crippen LogP contribution in [0.3, 0.4) is 0 Å². The van der Waals surface area contributed by atoms with Crippen molar-refractivity contribution < 1.29 is 20.1 Å². The number of piperidine rings is 1. The zero-order valence-corrected chi connectivity index (χ0v) is 9.63. The van der Waals surface area contributed by atoms with Gasteiger partial charge >= 0.3 is 0 Å². The maximum Gasteiger partial charge on any atom is 0.218 e. The average Bonchev–Trinajstić information content (AvgIpc) is 2.20. The maximum atomic E-state index is 10.9. The molecule has 6 heteroatoms. The van der Waals surface area contributed by atoms with Crippen molar-refractivity contribution in [3.05, 3.63) is 0 Å². The van der Waals surface area contributed by atoms with Crippen LogP contribution in [0.1, 0.15) is 20.3 Å². The molecule has 1 heterocycles. The number of amides is 1. The molecule has 6 nitrogen and oxygen atoms in total. The zero-order chi connectivity index (χ0) is 12.3. The third kappa shape index (κ3) is 2.91. The van der Waals surface area contributed by atoms with Gasteiger partial charge in [-0.25, -0.2) is 0 Å². The largest absolute Gasteiger partial charge is 0.395 e. The molecule has 4 N–H and O–H groups in total. The van der Waals surface area contributed by atoms with Crippen molar-refractivity contribution >= 4 is 5.91 Å². The Morgan fingerprint density at radius 1 is 1.56 bits per heavy atom. The summed E-state index contributed by atoms with van der Waals surface area (Å²) in [6.07, 6.45) is -1.62. The lowest BCUT2D eigenvalue weighted by Gasteiger charge is -2.43. The number of aliphatic hydroxyl groups is 3. The van der Waals surface area contributed by atoms with E-state index in [0.717, 1.165) is 0 Å². The maximum absolute atomic E-state index is 10.9. The lowest BCUT2D eigenvalue weighted by molar-refractivity contribution is -0.126. The van der Waals surface area contributed by atoms with Crippen LogP contribution >= 0.6 is 0 Å². The van der Waals surface area contributed by atoms with Crippen molar-refractivity contribution in [2.24, 2.45) is 0 Å². The molecule has 16 heavy (non-hydrogen) atoms. The summed E-state index contributed by atoms with van der Waals surface area (Å²) in [4.78, 5) is 12.7. The summed E-state index contributed by atoms with van der Waals surface area (Å²) in [6.45, 7) is 3.49. The molecule has 0 spiro atoms. The van der Waals surface area contributed by atoms with E-state index in [1.54, 1.807) is 11.8 Å². The first kappa shape index (κ1) is 13.4. The van der Waals surface area contributed by atoms with Gasteiger partial charge in [-0.05, 0) is 13.3 Å². The molecule has 4 atom stereocenters. The van der Waals surface area contributed by atoms with Gasteiger partial charge in [0.05, 0.1) is 31.0 Å². The fourth-order valence-electron chi connectivity index (χ4n) is 2.14. The number of carbonyl (C=O) groups excluding carboxylic acids is 1. The second kappa shape index (κ2) is 5.58. The molecule has 1 saturated heterocycles. The Morgan fingerprint density at radius 3 is 2.69 bits per heavy atom. The Bertz CT molecular complexity index is 249. The number of aliphatic hydroxyl groups excluding tert-OH is 3. The smallest absolute Gasteiger partial charge is 0.218 e. The number of carbonyl (C=O) groups is 1. The van der Waals surface area contributed by atoms with Crippen LogP contribution in [0, 0.1) is 0 Å². The quantitative estimate of drug-likeness (QED) is 0.463. The van der Waals surface area contributed by atoms with Crippen molar-refractivity contribution in [3.8, 4) is 0 Å². The van der Waals surface area contributed by atoms with Crippen molar-refractivity contribution in [3.63, 3.8) is 0 Å². The summed E-state index contributed by atoms with van der Waals surface area (Å²) in [5, 5.41) is 31.1.